The molecule has 0 spiro atoms. The molecule has 0 fully saturated rings. The van der Waals surface area contributed by atoms with Crippen molar-refractivity contribution in [3.8, 4) is 23.0 Å². The Bertz CT molecular complexity index is 985. The molecule has 3 aromatic carbocycles. The molecular formula is C24H23NO4. The monoisotopic (exact) mass is 389 g/mol. The minimum atomic E-state index is -0.485. The topological polar surface area (TPSA) is 56.8 Å². The lowest BCUT2D eigenvalue weighted by atomic mass is 9.87. The Labute approximate surface area is 170 Å². The van der Waals surface area contributed by atoms with Crippen LogP contribution in [0, 0.1) is 0 Å². The van der Waals surface area contributed by atoms with E-state index in [2.05, 4.69) is 5.32 Å². The molecule has 0 unspecified atom stereocenters. The van der Waals surface area contributed by atoms with Crippen molar-refractivity contribution >= 4 is 11.6 Å². The van der Waals surface area contributed by atoms with Crippen molar-refractivity contribution in [2.24, 2.45) is 0 Å². The first-order valence-electron chi connectivity index (χ1n) is 9.77. The molecule has 1 heterocycles. The van der Waals surface area contributed by atoms with Gasteiger partial charge < -0.3 is 19.5 Å². The molecule has 1 aliphatic heterocycles. The summed E-state index contributed by atoms with van der Waals surface area (Å²) in [7, 11) is 0. The third kappa shape index (κ3) is 3.76. The standard InChI is InChI=1S/C24H23NO4/c1-3-27-16-13-14-22(28-4-2)19(15-16)25-24(26)23-17-9-5-7-11-20(17)29-21-12-8-6-10-18(21)23/h5-15,23H,3-4H2,1-2H3,(H,25,26). The normalized spacial score (nSPS) is 12.3. The molecule has 0 aromatic heterocycles. The van der Waals surface area contributed by atoms with E-state index in [4.69, 9.17) is 14.2 Å². The number of rotatable bonds is 6. The average Bonchev–Trinajstić information content (AvgIpc) is 2.74. The van der Waals surface area contributed by atoms with Gasteiger partial charge in [0.1, 0.15) is 23.0 Å². The number of carbonyl (C=O) groups excluding carboxylic acids is 1. The molecule has 0 aliphatic carbocycles. The van der Waals surface area contributed by atoms with Crippen molar-refractivity contribution in [3.05, 3.63) is 77.9 Å². The van der Waals surface area contributed by atoms with E-state index in [9.17, 15) is 4.79 Å². The molecule has 0 radical (unpaired) electrons. The summed E-state index contributed by atoms with van der Waals surface area (Å²) in [6.07, 6.45) is 0. The molecule has 0 bridgehead atoms. The first kappa shape index (κ1) is 18.9. The second-order valence-corrected chi connectivity index (χ2v) is 6.62. The van der Waals surface area contributed by atoms with E-state index < -0.39 is 5.92 Å². The molecule has 1 amide bonds. The number of benzene rings is 3. The fraction of sp³-hybridized carbons (Fsp3) is 0.208. The quantitative estimate of drug-likeness (QED) is 0.617. The van der Waals surface area contributed by atoms with Crippen molar-refractivity contribution < 1.29 is 19.0 Å². The summed E-state index contributed by atoms with van der Waals surface area (Å²) in [5.41, 5.74) is 2.26. The van der Waals surface area contributed by atoms with Crippen LogP contribution in [0.3, 0.4) is 0 Å². The summed E-state index contributed by atoms with van der Waals surface area (Å²) in [5, 5.41) is 3.05. The maximum Gasteiger partial charge on any atom is 0.236 e. The number of fused-ring (bicyclic) bond motifs is 2. The van der Waals surface area contributed by atoms with E-state index in [-0.39, 0.29) is 5.91 Å². The van der Waals surface area contributed by atoms with Gasteiger partial charge in [-0.05, 0) is 38.1 Å². The van der Waals surface area contributed by atoms with Crippen LogP contribution in [0.15, 0.2) is 66.7 Å². The summed E-state index contributed by atoms with van der Waals surface area (Å²) in [6, 6.07) is 20.7. The third-order valence-corrected chi connectivity index (χ3v) is 4.76. The number of ether oxygens (including phenoxy) is 3. The Morgan fingerprint density at radius 1 is 0.897 bits per heavy atom. The van der Waals surface area contributed by atoms with Crippen molar-refractivity contribution in [1.82, 2.24) is 0 Å². The van der Waals surface area contributed by atoms with Gasteiger partial charge >= 0.3 is 0 Å². The maximum atomic E-state index is 13.5. The van der Waals surface area contributed by atoms with Crippen LogP contribution in [0.1, 0.15) is 30.9 Å². The molecule has 29 heavy (non-hydrogen) atoms. The van der Waals surface area contributed by atoms with Gasteiger partial charge in [-0.2, -0.15) is 0 Å². The van der Waals surface area contributed by atoms with Gasteiger partial charge in [-0.1, -0.05) is 36.4 Å². The third-order valence-electron chi connectivity index (χ3n) is 4.76. The lowest BCUT2D eigenvalue weighted by Gasteiger charge is -2.27. The molecule has 0 atom stereocenters. The minimum absolute atomic E-state index is 0.150. The first-order chi connectivity index (χ1) is 14.2. The Morgan fingerprint density at radius 2 is 1.52 bits per heavy atom. The van der Waals surface area contributed by atoms with E-state index in [1.54, 1.807) is 6.07 Å². The molecule has 5 heteroatoms. The molecule has 0 saturated carbocycles. The van der Waals surface area contributed by atoms with Crippen LogP contribution in [0.25, 0.3) is 0 Å². The van der Waals surface area contributed by atoms with Crippen LogP contribution in [-0.2, 0) is 4.79 Å². The predicted molar refractivity (Wildman–Crippen MR) is 112 cm³/mol. The predicted octanol–water partition coefficient (Wildman–Crippen LogP) is 5.36. The summed E-state index contributed by atoms with van der Waals surface area (Å²) >= 11 is 0. The van der Waals surface area contributed by atoms with Crippen LogP contribution in [0.2, 0.25) is 0 Å². The van der Waals surface area contributed by atoms with Crippen LogP contribution in [-0.4, -0.2) is 19.1 Å². The van der Waals surface area contributed by atoms with Gasteiger partial charge in [-0.15, -0.1) is 0 Å². The van der Waals surface area contributed by atoms with Gasteiger partial charge in [0.25, 0.3) is 0 Å². The highest BCUT2D eigenvalue weighted by Crippen LogP contribution is 2.44. The number of para-hydroxylation sites is 2. The van der Waals surface area contributed by atoms with E-state index in [1.165, 1.54) is 0 Å². The number of amides is 1. The highest BCUT2D eigenvalue weighted by Gasteiger charge is 2.32. The average molecular weight is 389 g/mol. The summed E-state index contributed by atoms with van der Waals surface area (Å²) in [5.74, 6) is 2.04. The molecule has 3 aromatic rings. The Hall–Kier alpha value is -3.47. The summed E-state index contributed by atoms with van der Waals surface area (Å²) in [6.45, 7) is 4.87. The second-order valence-electron chi connectivity index (χ2n) is 6.62. The fourth-order valence-electron chi connectivity index (χ4n) is 3.54. The van der Waals surface area contributed by atoms with Gasteiger partial charge in [0, 0.05) is 17.2 Å². The van der Waals surface area contributed by atoms with Crippen molar-refractivity contribution in [2.45, 2.75) is 19.8 Å². The van der Waals surface area contributed by atoms with Gasteiger partial charge in [0.05, 0.1) is 24.8 Å². The number of nitrogens with one attached hydrogen (secondary N) is 1. The van der Waals surface area contributed by atoms with Gasteiger partial charge in [0.15, 0.2) is 0 Å². The van der Waals surface area contributed by atoms with Crippen molar-refractivity contribution in [1.29, 1.82) is 0 Å². The van der Waals surface area contributed by atoms with Gasteiger partial charge in [-0.25, -0.2) is 0 Å². The number of hydrogen-bond acceptors (Lipinski definition) is 4. The molecule has 148 valence electrons. The SMILES string of the molecule is CCOc1ccc(OCC)c(NC(=O)C2c3ccccc3Oc3ccccc32)c1. The largest absolute Gasteiger partial charge is 0.494 e. The fourth-order valence-corrected chi connectivity index (χ4v) is 3.54. The number of anilines is 1. The van der Waals surface area contributed by atoms with E-state index >= 15 is 0 Å². The molecule has 4 rings (SSSR count). The number of hydrogen-bond donors (Lipinski definition) is 1. The summed E-state index contributed by atoms with van der Waals surface area (Å²) < 4.78 is 17.3. The van der Waals surface area contributed by atoms with E-state index in [1.807, 2.05) is 74.5 Å². The van der Waals surface area contributed by atoms with Crippen molar-refractivity contribution in [3.63, 3.8) is 0 Å². The lowest BCUT2D eigenvalue weighted by Crippen LogP contribution is -2.25. The second kappa shape index (κ2) is 8.27. The van der Waals surface area contributed by atoms with Gasteiger partial charge in [0.2, 0.25) is 5.91 Å². The minimum Gasteiger partial charge on any atom is -0.494 e. The summed E-state index contributed by atoms with van der Waals surface area (Å²) in [4.78, 5) is 13.5. The van der Waals surface area contributed by atoms with Gasteiger partial charge in [-0.3, -0.25) is 4.79 Å². The highest BCUT2D eigenvalue weighted by molar-refractivity contribution is 6.00. The molecule has 5 nitrogen and oxygen atoms in total. The molecular weight excluding hydrogens is 366 g/mol. The molecule has 1 N–H and O–H groups in total. The van der Waals surface area contributed by atoms with E-state index in [0.717, 1.165) is 11.1 Å². The van der Waals surface area contributed by atoms with Crippen LogP contribution >= 0.6 is 0 Å². The van der Waals surface area contributed by atoms with Crippen molar-refractivity contribution in [2.75, 3.05) is 18.5 Å². The van der Waals surface area contributed by atoms with Crippen LogP contribution in [0.4, 0.5) is 5.69 Å². The molecule has 0 saturated heterocycles. The van der Waals surface area contributed by atoms with Crippen LogP contribution < -0.4 is 19.5 Å². The Kier molecular flexibility index (Phi) is 5.38. The molecule has 1 aliphatic rings. The zero-order valence-corrected chi connectivity index (χ0v) is 16.5. The van der Waals surface area contributed by atoms with E-state index in [0.29, 0.717) is 41.9 Å². The maximum absolute atomic E-state index is 13.5. The Morgan fingerprint density at radius 3 is 2.14 bits per heavy atom. The lowest BCUT2D eigenvalue weighted by molar-refractivity contribution is -0.116. The number of carbonyl (C=O) groups is 1. The first-order valence-corrected chi connectivity index (χ1v) is 9.77. The van der Waals surface area contributed by atoms with Crippen LogP contribution in [0.5, 0.6) is 23.0 Å². The highest BCUT2D eigenvalue weighted by atomic mass is 16.5. The zero-order chi connectivity index (χ0) is 20.2. The Balaban J connectivity index is 1.72. The smallest absolute Gasteiger partial charge is 0.236 e. The zero-order valence-electron chi connectivity index (χ0n) is 16.5.